The molecule has 7 heteroatoms. The van der Waals surface area contributed by atoms with Crippen LogP contribution in [0, 0.1) is 10.1 Å². The van der Waals surface area contributed by atoms with Gasteiger partial charge in [-0.15, -0.1) is 0 Å². The standard InChI is InChI=1S/C21H17N5O2/c27-26(28)17-10-6-9-16(13-17)23-21-24-19-12-5-4-11-18(19)20(25-21)22-14-15-7-2-1-3-8-15/h1-13H,14H2,(H2,22,23,24,25). The molecule has 0 aliphatic carbocycles. The summed E-state index contributed by atoms with van der Waals surface area (Å²) < 4.78 is 0. The van der Waals surface area contributed by atoms with Gasteiger partial charge in [-0.2, -0.15) is 4.98 Å². The van der Waals surface area contributed by atoms with E-state index in [2.05, 4.69) is 20.6 Å². The molecule has 0 saturated carbocycles. The zero-order chi connectivity index (χ0) is 19.3. The Balaban J connectivity index is 1.65. The van der Waals surface area contributed by atoms with Crippen molar-refractivity contribution in [3.63, 3.8) is 0 Å². The summed E-state index contributed by atoms with van der Waals surface area (Å²) in [4.78, 5) is 19.7. The molecule has 1 aromatic heterocycles. The molecule has 0 saturated heterocycles. The SMILES string of the molecule is O=[N+]([O-])c1cccc(Nc2nc(NCc3ccccc3)c3ccccc3n2)c1. The number of fused-ring (bicyclic) bond motifs is 1. The molecule has 138 valence electrons. The van der Waals surface area contributed by atoms with Gasteiger partial charge >= 0.3 is 0 Å². The van der Waals surface area contributed by atoms with Crippen molar-refractivity contribution < 1.29 is 4.92 Å². The number of nitrogens with zero attached hydrogens (tertiary/aromatic N) is 3. The monoisotopic (exact) mass is 371 g/mol. The maximum absolute atomic E-state index is 11.0. The van der Waals surface area contributed by atoms with Crippen molar-refractivity contribution in [2.75, 3.05) is 10.6 Å². The lowest BCUT2D eigenvalue weighted by Crippen LogP contribution is -2.05. The van der Waals surface area contributed by atoms with Crippen molar-refractivity contribution in [3.05, 3.63) is 94.5 Å². The molecule has 0 fully saturated rings. The van der Waals surface area contributed by atoms with Crippen molar-refractivity contribution >= 4 is 34.0 Å². The summed E-state index contributed by atoms with van der Waals surface area (Å²) >= 11 is 0. The maximum atomic E-state index is 11.0. The minimum absolute atomic E-state index is 0.00761. The first-order valence-corrected chi connectivity index (χ1v) is 8.75. The summed E-state index contributed by atoms with van der Waals surface area (Å²) in [5, 5.41) is 18.3. The second-order valence-corrected chi connectivity index (χ2v) is 6.18. The van der Waals surface area contributed by atoms with Crippen LogP contribution in [0.4, 0.5) is 23.1 Å². The Labute approximate surface area is 161 Å². The Morgan fingerprint density at radius 3 is 2.50 bits per heavy atom. The second-order valence-electron chi connectivity index (χ2n) is 6.18. The Bertz CT molecular complexity index is 1130. The van der Waals surface area contributed by atoms with E-state index < -0.39 is 4.92 Å². The van der Waals surface area contributed by atoms with Gasteiger partial charge in [-0.3, -0.25) is 10.1 Å². The van der Waals surface area contributed by atoms with Crippen molar-refractivity contribution in [1.82, 2.24) is 9.97 Å². The molecular weight excluding hydrogens is 354 g/mol. The highest BCUT2D eigenvalue weighted by molar-refractivity contribution is 5.90. The first-order valence-electron chi connectivity index (χ1n) is 8.75. The van der Waals surface area contributed by atoms with Crippen LogP contribution in [0.15, 0.2) is 78.9 Å². The molecule has 0 spiro atoms. The van der Waals surface area contributed by atoms with E-state index in [1.807, 2.05) is 54.6 Å². The lowest BCUT2D eigenvalue weighted by atomic mass is 10.2. The molecule has 0 atom stereocenters. The zero-order valence-electron chi connectivity index (χ0n) is 14.9. The van der Waals surface area contributed by atoms with Gasteiger partial charge in [0.2, 0.25) is 5.95 Å². The number of nitro benzene ring substituents is 1. The fourth-order valence-corrected chi connectivity index (χ4v) is 2.88. The molecule has 2 N–H and O–H groups in total. The van der Waals surface area contributed by atoms with E-state index in [0.717, 1.165) is 16.5 Å². The third-order valence-corrected chi connectivity index (χ3v) is 4.22. The number of benzene rings is 3. The van der Waals surface area contributed by atoms with Crippen molar-refractivity contribution in [2.24, 2.45) is 0 Å². The summed E-state index contributed by atoms with van der Waals surface area (Å²) in [5.41, 5.74) is 2.48. The van der Waals surface area contributed by atoms with Gasteiger partial charge in [0.1, 0.15) is 5.82 Å². The average molecular weight is 371 g/mol. The van der Waals surface area contributed by atoms with Crippen LogP contribution in [0.25, 0.3) is 10.9 Å². The number of hydrogen-bond donors (Lipinski definition) is 2. The number of nitro groups is 1. The van der Waals surface area contributed by atoms with E-state index in [-0.39, 0.29) is 5.69 Å². The van der Waals surface area contributed by atoms with Crippen LogP contribution in [-0.2, 0) is 6.54 Å². The third kappa shape index (κ3) is 3.88. The number of para-hydroxylation sites is 1. The molecular formula is C21H17N5O2. The van der Waals surface area contributed by atoms with Gasteiger partial charge in [-0.25, -0.2) is 4.98 Å². The van der Waals surface area contributed by atoms with Crippen LogP contribution in [0.2, 0.25) is 0 Å². The highest BCUT2D eigenvalue weighted by Crippen LogP contribution is 2.25. The molecule has 7 nitrogen and oxygen atoms in total. The first-order chi connectivity index (χ1) is 13.7. The number of aromatic nitrogens is 2. The van der Waals surface area contributed by atoms with E-state index in [4.69, 9.17) is 0 Å². The highest BCUT2D eigenvalue weighted by atomic mass is 16.6. The molecule has 0 aliphatic rings. The van der Waals surface area contributed by atoms with Gasteiger partial charge in [0, 0.05) is 29.8 Å². The van der Waals surface area contributed by atoms with Gasteiger partial charge in [0.25, 0.3) is 5.69 Å². The van der Waals surface area contributed by atoms with Crippen LogP contribution in [-0.4, -0.2) is 14.9 Å². The van der Waals surface area contributed by atoms with Gasteiger partial charge in [-0.05, 0) is 23.8 Å². The molecule has 0 aliphatic heterocycles. The summed E-state index contributed by atoms with van der Waals surface area (Å²) in [5.74, 6) is 1.07. The number of non-ortho nitro benzene ring substituents is 1. The highest BCUT2D eigenvalue weighted by Gasteiger charge is 2.10. The largest absolute Gasteiger partial charge is 0.365 e. The van der Waals surface area contributed by atoms with Crippen LogP contribution in [0.5, 0.6) is 0 Å². The number of anilines is 3. The van der Waals surface area contributed by atoms with E-state index in [1.165, 1.54) is 12.1 Å². The number of nitrogens with one attached hydrogen (secondary N) is 2. The van der Waals surface area contributed by atoms with Crippen molar-refractivity contribution in [3.8, 4) is 0 Å². The Hall–Kier alpha value is -4.00. The lowest BCUT2D eigenvalue weighted by Gasteiger charge is -2.12. The summed E-state index contributed by atoms with van der Waals surface area (Å²) in [6.07, 6.45) is 0. The predicted octanol–water partition coefficient (Wildman–Crippen LogP) is 4.89. The normalized spacial score (nSPS) is 10.6. The van der Waals surface area contributed by atoms with E-state index in [9.17, 15) is 10.1 Å². The zero-order valence-corrected chi connectivity index (χ0v) is 14.9. The average Bonchev–Trinajstić information content (AvgIpc) is 2.73. The molecule has 28 heavy (non-hydrogen) atoms. The third-order valence-electron chi connectivity index (χ3n) is 4.22. The maximum Gasteiger partial charge on any atom is 0.271 e. The van der Waals surface area contributed by atoms with Crippen molar-refractivity contribution in [2.45, 2.75) is 6.54 Å². The Kier molecular flexibility index (Phi) is 4.79. The molecule has 0 radical (unpaired) electrons. The fourth-order valence-electron chi connectivity index (χ4n) is 2.88. The van der Waals surface area contributed by atoms with Crippen LogP contribution >= 0.6 is 0 Å². The van der Waals surface area contributed by atoms with Gasteiger partial charge < -0.3 is 10.6 Å². The van der Waals surface area contributed by atoms with Crippen LogP contribution in [0.3, 0.4) is 0 Å². The number of rotatable bonds is 6. The summed E-state index contributed by atoms with van der Waals surface area (Å²) in [6, 6.07) is 24.0. The molecule has 0 unspecified atom stereocenters. The Morgan fingerprint density at radius 2 is 1.68 bits per heavy atom. The van der Waals surface area contributed by atoms with Crippen LogP contribution < -0.4 is 10.6 Å². The molecule has 4 aromatic rings. The fraction of sp³-hybridized carbons (Fsp3) is 0.0476. The van der Waals surface area contributed by atoms with E-state index >= 15 is 0 Å². The predicted molar refractivity (Wildman–Crippen MR) is 110 cm³/mol. The van der Waals surface area contributed by atoms with Gasteiger partial charge in [0.15, 0.2) is 0 Å². The van der Waals surface area contributed by atoms with E-state index in [0.29, 0.717) is 24.0 Å². The molecule has 4 rings (SSSR count). The minimum atomic E-state index is -0.431. The quantitative estimate of drug-likeness (QED) is 0.370. The van der Waals surface area contributed by atoms with E-state index in [1.54, 1.807) is 12.1 Å². The summed E-state index contributed by atoms with van der Waals surface area (Å²) in [7, 11) is 0. The van der Waals surface area contributed by atoms with Gasteiger partial charge in [0.05, 0.1) is 10.4 Å². The van der Waals surface area contributed by atoms with Gasteiger partial charge in [-0.1, -0.05) is 48.5 Å². The molecule has 0 amide bonds. The second kappa shape index (κ2) is 7.71. The topological polar surface area (TPSA) is 93.0 Å². The Morgan fingerprint density at radius 1 is 0.893 bits per heavy atom. The van der Waals surface area contributed by atoms with Crippen molar-refractivity contribution in [1.29, 1.82) is 0 Å². The number of hydrogen-bond acceptors (Lipinski definition) is 6. The first kappa shape index (κ1) is 17.4. The van der Waals surface area contributed by atoms with Crippen LogP contribution in [0.1, 0.15) is 5.56 Å². The summed E-state index contributed by atoms with van der Waals surface area (Å²) in [6.45, 7) is 0.623. The lowest BCUT2D eigenvalue weighted by molar-refractivity contribution is -0.384. The smallest absolute Gasteiger partial charge is 0.271 e. The molecule has 0 bridgehead atoms. The molecule has 1 heterocycles. The minimum Gasteiger partial charge on any atom is -0.365 e. The molecule has 3 aromatic carbocycles.